The van der Waals surface area contributed by atoms with Gasteiger partial charge in [-0.15, -0.1) is 6.58 Å². The number of unbranched alkanes of at least 4 members (excludes halogenated alkanes) is 3. The highest BCUT2D eigenvalue weighted by molar-refractivity contribution is 5.79. The molecule has 0 aromatic heterocycles. The maximum Gasteiger partial charge on any atom is 0.220 e. The second-order valence-corrected chi connectivity index (χ2v) is 5.98. The second-order valence-electron chi connectivity index (χ2n) is 5.98. The van der Waals surface area contributed by atoms with Gasteiger partial charge in [0.2, 0.25) is 5.91 Å². The smallest absolute Gasteiger partial charge is 0.220 e. The minimum Gasteiger partial charge on any atom is -0.356 e. The van der Waals surface area contributed by atoms with Gasteiger partial charge in [0, 0.05) is 39.6 Å². The van der Waals surface area contributed by atoms with Gasteiger partial charge in [0.1, 0.15) is 0 Å². The van der Waals surface area contributed by atoms with Gasteiger partial charge in [0.25, 0.3) is 0 Å². The predicted molar refractivity (Wildman–Crippen MR) is 93.1 cm³/mol. The number of hydrogen-bond donors (Lipinski definition) is 2. The minimum atomic E-state index is 0.176. The van der Waals surface area contributed by atoms with Crippen molar-refractivity contribution in [2.24, 2.45) is 4.99 Å². The number of hydrogen-bond acceptors (Lipinski definition) is 2. The fourth-order valence-electron chi connectivity index (χ4n) is 2.28. The lowest BCUT2D eigenvalue weighted by Crippen LogP contribution is -2.40. The van der Waals surface area contributed by atoms with E-state index in [4.69, 9.17) is 0 Å². The normalized spacial score (nSPS) is 14.5. The van der Waals surface area contributed by atoms with Gasteiger partial charge in [-0.05, 0) is 38.5 Å². The molecule has 126 valence electrons. The highest BCUT2D eigenvalue weighted by Gasteiger charge is 2.22. The lowest BCUT2D eigenvalue weighted by Gasteiger charge is -2.22. The fraction of sp³-hybridized carbons (Fsp3) is 0.765. The Bertz CT molecular complexity index is 364. The van der Waals surface area contributed by atoms with Crippen LogP contribution in [0.25, 0.3) is 0 Å². The molecule has 0 heterocycles. The molecule has 22 heavy (non-hydrogen) atoms. The quantitative estimate of drug-likeness (QED) is 0.266. The number of guanidine groups is 1. The SMILES string of the molecule is C=CCCCCCN(C)C(=NC)NCCCC(=O)NC1CC1. The molecule has 0 aromatic carbocycles. The lowest BCUT2D eigenvalue weighted by atomic mass is 10.2. The van der Waals surface area contributed by atoms with Gasteiger partial charge in [0.15, 0.2) is 5.96 Å². The number of rotatable bonds is 11. The van der Waals surface area contributed by atoms with Crippen LogP contribution in [0.4, 0.5) is 0 Å². The van der Waals surface area contributed by atoms with Crippen molar-refractivity contribution in [3.63, 3.8) is 0 Å². The summed E-state index contributed by atoms with van der Waals surface area (Å²) in [5.74, 6) is 1.08. The van der Waals surface area contributed by atoms with Crippen molar-refractivity contribution >= 4 is 11.9 Å². The second kappa shape index (κ2) is 11.1. The highest BCUT2D eigenvalue weighted by Crippen LogP contribution is 2.18. The van der Waals surface area contributed by atoms with E-state index in [1.807, 2.05) is 6.08 Å². The van der Waals surface area contributed by atoms with Crippen LogP contribution in [0, 0.1) is 0 Å². The van der Waals surface area contributed by atoms with Crippen LogP contribution in [0.1, 0.15) is 51.4 Å². The molecule has 1 rings (SSSR count). The minimum absolute atomic E-state index is 0.176. The van der Waals surface area contributed by atoms with Crippen molar-refractivity contribution in [2.45, 2.75) is 57.4 Å². The number of aliphatic imine (C=N–C) groups is 1. The molecule has 1 amide bonds. The molecule has 0 bridgehead atoms. The van der Waals surface area contributed by atoms with E-state index in [-0.39, 0.29) is 5.91 Å². The Morgan fingerprint density at radius 3 is 2.73 bits per heavy atom. The van der Waals surface area contributed by atoms with Gasteiger partial charge < -0.3 is 15.5 Å². The molecular formula is C17H32N4O. The average Bonchev–Trinajstić information content (AvgIpc) is 3.30. The lowest BCUT2D eigenvalue weighted by molar-refractivity contribution is -0.121. The zero-order chi connectivity index (χ0) is 16.2. The van der Waals surface area contributed by atoms with Crippen LogP contribution in [0.2, 0.25) is 0 Å². The largest absolute Gasteiger partial charge is 0.356 e. The summed E-state index contributed by atoms with van der Waals surface area (Å²) in [7, 11) is 3.86. The summed E-state index contributed by atoms with van der Waals surface area (Å²) in [6, 6.07) is 0.459. The van der Waals surface area contributed by atoms with E-state index in [0.717, 1.165) is 51.2 Å². The van der Waals surface area contributed by atoms with Crippen LogP contribution in [-0.2, 0) is 4.79 Å². The van der Waals surface area contributed by atoms with Gasteiger partial charge in [-0.3, -0.25) is 9.79 Å². The van der Waals surface area contributed by atoms with E-state index >= 15 is 0 Å². The van der Waals surface area contributed by atoms with Crippen LogP contribution in [-0.4, -0.2) is 50.0 Å². The molecule has 0 radical (unpaired) electrons. The summed E-state index contributed by atoms with van der Waals surface area (Å²) in [6.45, 7) is 5.52. The number of amides is 1. The molecular weight excluding hydrogens is 276 g/mol. The standard InChI is InChI=1S/C17H32N4O/c1-4-5-6-7-8-14-21(3)17(18-2)19-13-9-10-16(22)20-15-11-12-15/h4,15H,1,5-14H2,2-3H3,(H,18,19)(H,20,22). The van der Waals surface area contributed by atoms with Gasteiger partial charge in [-0.2, -0.15) is 0 Å². The van der Waals surface area contributed by atoms with Gasteiger partial charge in [0.05, 0.1) is 0 Å². The Morgan fingerprint density at radius 2 is 2.09 bits per heavy atom. The molecule has 1 saturated carbocycles. The molecule has 5 nitrogen and oxygen atoms in total. The molecule has 0 aliphatic heterocycles. The van der Waals surface area contributed by atoms with Crippen molar-refractivity contribution < 1.29 is 4.79 Å². The summed E-state index contributed by atoms with van der Waals surface area (Å²) in [5.41, 5.74) is 0. The summed E-state index contributed by atoms with van der Waals surface area (Å²) < 4.78 is 0. The molecule has 2 N–H and O–H groups in total. The summed E-state index contributed by atoms with van der Waals surface area (Å²) in [6.07, 6.45) is 10.4. The number of nitrogens with zero attached hydrogens (tertiary/aromatic N) is 2. The van der Waals surface area contributed by atoms with Crippen LogP contribution in [0.3, 0.4) is 0 Å². The number of nitrogens with one attached hydrogen (secondary N) is 2. The molecule has 0 atom stereocenters. The first-order chi connectivity index (χ1) is 10.7. The Hall–Kier alpha value is -1.52. The Labute approximate surface area is 135 Å². The van der Waals surface area contributed by atoms with Crippen molar-refractivity contribution in [3.05, 3.63) is 12.7 Å². The summed E-state index contributed by atoms with van der Waals surface area (Å²) in [5, 5.41) is 6.33. The first-order valence-electron chi connectivity index (χ1n) is 8.49. The number of allylic oxidation sites excluding steroid dienone is 1. The Balaban J connectivity index is 2.06. The molecule has 1 aliphatic carbocycles. The summed E-state index contributed by atoms with van der Waals surface area (Å²) in [4.78, 5) is 18.0. The third-order valence-corrected chi connectivity index (χ3v) is 3.78. The fourth-order valence-corrected chi connectivity index (χ4v) is 2.28. The van der Waals surface area contributed by atoms with Crippen LogP contribution in [0.15, 0.2) is 17.6 Å². The van der Waals surface area contributed by atoms with E-state index < -0.39 is 0 Å². The molecule has 0 saturated heterocycles. The van der Waals surface area contributed by atoms with E-state index in [9.17, 15) is 4.79 Å². The maximum atomic E-state index is 11.6. The molecule has 1 fully saturated rings. The van der Waals surface area contributed by atoms with E-state index in [1.165, 1.54) is 12.8 Å². The van der Waals surface area contributed by atoms with Crippen LogP contribution in [0.5, 0.6) is 0 Å². The monoisotopic (exact) mass is 308 g/mol. The number of carbonyl (C=O) groups excluding carboxylic acids is 1. The third-order valence-electron chi connectivity index (χ3n) is 3.78. The molecule has 0 unspecified atom stereocenters. The topological polar surface area (TPSA) is 56.7 Å². The first-order valence-corrected chi connectivity index (χ1v) is 8.49. The molecule has 0 spiro atoms. The van der Waals surface area contributed by atoms with Crippen molar-refractivity contribution in [2.75, 3.05) is 27.2 Å². The third kappa shape index (κ3) is 8.70. The van der Waals surface area contributed by atoms with E-state index in [0.29, 0.717) is 12.5 Å². The average molecular weight is 308 g/mol. The maximum absolute atomic E-state index is 11.6. The number of carbonyl (C=O) groups is 1. The highest BCUT2D eigenvalue weighted by atomic mass is 16.1. The van der Waals surface area contributed by atoms with Crippen molar-refractivity contribution in [1.82, 2.24) is 15.5 Å². The Morgan fingerprint density at radius 1 is 1.32 bits per heavy atom. The zero-order valence-corrected chi connectivity index (χ0v) is 14.2. The van der Waals surface area contributed by atoms with Crippen LogP contribution < -0.4 is 10.6 Å². The Kier molecular flexibility index (Phi) is 9.35. The van der Waals surface area contributed by atoms with Gasteiger partial charge in [-0.25, -0.2) is 0 Å². The first kappa shape index (κ1) is 18.5. The van der Waals surface area contributed by atoms with Gasteiger partial charge >= 0.3 is 0 Å². The van der Waals surface area contributed by atoms with Gasteiger partial charge in [-0.1, -0.05) is 12.5 Å². The van der Waals surface area contributed by atoms with E-state index in [1.54, 1.807) is 7.05 Å². The van der Waals surface area contributed by atoms with Crippen molar-refractivity contribution in [3.8, 4) is 0 Å². The molecule has 0 aromatic rings. The van der Waals surface area contributed by atoms with E-state index in [2.05, 4.69) is 34.2 Å². The predicted octanol–water partition coefficient (Wildman–Crippen LogP) is 2.30. The zero-order valence-electron chi connectivity index (χ0n) is 14.2. The summed E-state index contributed by atoms with van der Waals surface area (Å²) >= 11 is 0. The van der Waals surface area contributed by atoms with Crippen LogP contribution >= 0.6 is 0 Å². The molecule has 1 aliphatic rings. The molecule has 5 heteroatoms. The van der Waals surface area contributed by atoms with Crippen molar-refractivity contribution in [1.29, 1.82) is 0 Å².